The second-order valence-electron chi connectivity index (χ2n) is 5.52. The quantitative estimate of drug-likeness (QED) is 0.829. The summed E-state index contributed by atoms with van der Waals surface area (Å²) in [6, 6.07) is 0. The summed E-state index contributed by atoms with van der Waals surface area (Å²) in [5, 5.41) is 14.3. The van der Waals surface area contributed by atoms with Crippen LogP contribution in [0.1, 0.15) is 20.3 Å². The van der Waals surface area contributed by atoms with Gasteiger partial charge in [0.05, 0.1) is 18.3 Å². The molecule has 2 rings (SSSR count). The molecule has 0 aromatic carbocycles. The van der Waals surface area contributed by atoms with E-state index in [1.54, 1.807) is 0 Å². The number of hydrogen-bond acceptors (Lipinski definition) is 4. The van der Waals surface area contributed by atoms with Gasteiger partial charge in [0.1, 0.15) is 5.15 Å². The lowest BCUT2D eigenvalue weighted by Crippen LogP contribution is -2.58. The molecule has 1 unspecified atom stereocenters. The van der Waals surface area contributed by atoms with E-state index in [-0.39, 0.29) is 22.7 Å². The van der Waals surface area contributed by atoms with E-state index in [4.69, 9.17) is 11.6 Å². The molecule has 1 aromatic rings. The van der Waals surface area contributed by atoms with Gasteiger partial charge in [-0.25, -0.2) is 4.98 Å². The van der Waals surface area contributed by atoms with Crippen LogP contribution >= 0.6 is 11.6 Å². The Morgan fingerprint density at radius 1 is 1.61 bits per heavy atom. The molecule has 1 aromatic heterocycles. The topological polar surface area (TPSA) is 67.2 Å². The molecule has 1 atom stereocenters. The van der Waals surface area contributed by atoms with Crippen molar-refractivity contribution in [2.24, 2.45) is 5.41 Å². The molecule has 1 saturated heterocycles. The van der Waals surface area contributed by atoms with Crippen molar-refractivity contribution in [3.8, 4) is 0 Å². The third kappa shape index (κ3) is 2.43. The fourth-order valence-electron chi connectivity index (χ4n) is 2.31. The van der Waals surface area contributed by atoms with Crippen LogP contribution in [0.25, 0.3) is 0 Å². The van der Waals surface area contributed by atoms with Crippen molar-refractivity contribution in [3.63, 3.8) is 0 Å². The molecule has 0 amide bonds. The first-order valence-corrected chi connectivity index (χ1v) is 6.37. The second kappa shape index (κ2) is 4.64. The van der Waals surface area contributed by atoms with Gasteiger partial charge in [-0.3, -0.25) is 4.79 Å². The maximum atomic E-state index is 11.7. The van der Waals surface area contributed by atoms with E-state index < -0.39 is 5.60 Å². The van der Waals surface area contributed by atoms with E-state index in [0.29, 0.717) is 6.42 Å². The number of halogens is 1. The molecule has 1 fully saturated rings. The third-order valence-corrected chi connectivity index (χ3v) is 4.01. The smallest absolute Gasteiger partial charge is 0.269 e. The van der Waals surface area contributed by atoms with E-state index in [9.17, 15) is 9.90 Å². The normalized spacial score (nSPS) is 27.1. The molecule has 18 heavy (non-hydrogen) atoms. The van der Waals surface area contributed by atoms with Crippen LogP contribution in [0.5, 0.6) is 0 Å². The van der Waals surface area contributed by atoms with Crippen molar-refractivity contribution in [1.29, 1.82) is 0 Å². The summed E-state index contributed by atoms with van der Waals surface area (Å²) in [5.74, 6) is 0. The molecule has 0 spiro atoms. The van der Waals surface area contributed by atoms with Crippen LogP contribution in [0.4, 0.5) is 0 Å². The summed E-state index contributed by atoms with van der Waals surface area (Å²) in [6.07, 6.45) is 3.26. The zero-order chi connectivity index (χ0) is 13.4. The minimum Gasteiger partial charge on any atom is -0.387 e. The van der Waals surface area contributed by atoms with Crippen molar-refractivity contribution < 1.29 is 5.11 Å². The van der Waals surface area contributed by atoms with Crippen LogP contribution in [0.15, 0.2) is 17.2 Å². The number of aromatic nitrogens is 2. The summed E-state index contributed by atoms with van der Waals surface area (Å²) in [7, 11) is 0. The van der Waals surface area contributed by atoms with Crippen LogP contribution < -0.4 is 10.9 Å². The summed E-state index contributed by atoms with van der Waals surface area (Å²) in [6.45, 7) is 5.69. The SMILES string of the molecule is CC1(C)CNCCC1(O)Cn1cc(Cl)ncc1=O. The highest BCUT2D eigenvalue weighted by atomic mass is 35.5. The van der Waals surface area contributed by atoms with Crippen molar-refractivity contribution >= 4 is 11.6 Å². The molecule has 2 N–H and O–H groups in total. The number of piperidine rings is 1. The predicted molar refractivity (Wildman–Crippen MR) is 69.7 cm³/mol. The fourth-order valence-corrected chi connectivity index (χ4v) is 2.48. The first-order valence-electron chi connectivity index (χ1n) is 5.99. The Bertz CT molecular complexity index is 500. The lowest BCUT2D eigenvalue weighted by atomic mass is 9.70. The van der Waals surface area contributed by atoms with E-state index >= 15 is 0 Å². The maximum absolute atomic E-state index is 11.7. The van der Waals surface area contributed by atoms with Crippen LogP contribution in [-0.2, 0) is 6.54 Å². The number of nitrogens with one attached hydrogen (secondary N) is 1. The average Bonchev–Trinajstić information content (AvgIpc) is 2.28. The minimum absolute atomic E-state index is 0.239. The monoisotopic (exact) mass is 271 g/mol. The molecule has 5 nitrogen and oxygen atoms in total. The predicted octanol–water partition coefficient (Wildman–Crippen LogP) is 0.647. The van der Waals surface area contributed by atoms with Gasteiger partial charge in [-0.05, 0) is 13.0 Å². The molecular formula is C12H18ClN3O2. The molecular weight excluding hydrogens is 254 g/mol. The van der Waals surface area contributed by atoms with E-state index in [2.05, 4.69) is 10.3 Å². The van der Waals surface area contributed by atoms with Crippen molar-refractivity contribution in [3.05, 3.63) is 27.9 Å². The molecule has 0 aliphatic carbocycles. The number of rotatable bonds is 2. The van der Waals surface area contributed by atoms with E-state index in [1.165, 1.54) is 17.0 Å². The Morgan fingerprint density at radius 2 is 2.33 bits per heavy atom. The standard InChI is InChI=1S/C12H18ClN3O2/c1-11(2)7-14-4-3-12(11,18)8-16-6-9(13)15-5-10(16)17/h5-6,14,18H,3-4,7-8H2,1-2H3. The Hall–Kier alpha value is -0.910. The first kappa shape index (κ1) is 13.5. The maximum Gasteiger partial charge on any atom is 0.269 e. The van der Waals surface area contributed by atoms with Crippen molar-refractivity contribution in [2.45, 2.75) is 32.4 Å². The highest BCUT2D eigenvalue weighted by molar-refractivity contribution is 6.29. The van der Waals surface area contributed by atoms with Gasteiger partial charge in [-0.1, -0.05) is 25.4 Å². The van der Waals surface area contributed by atoms with Gasteiger partial charge in [0.2, 0.25) is 0 Å². The zero-order valence-corrected chi connectivity index (χ0v) is 11.4. The molecule has 2 heterocycles. The minimum atomic E-state index is -0.924. The lowest BCUT2D eigenvalue weighted by molar-refractivity contribution is -0.0998. The van der Waals surface area contributed by atoms with Crippen molar-refractivity contribution in [1.82, 2.24) is 14.9 Å². The zero-order valence-electron chi connectivity index (χ0n) is 10.6. The Morgan fingerprint density at radius 3 is 3.00 bits per heavy atom. The van der Waals surface area contributed by atoms with Crippen LogP contribution in [-0.4, -0.2) is 33.3 Å². The average molecular weight is 272 g/mol. The molecule has 0 bridgehead atoms. The highest BCUT2D eigenvalue weighted by Crippen LogP contribution is 2.36. The molecule has 0 saturated carbocycles. The fraction of sp³-hybridized carbons (Fsp3) is 0.667. The van der Waals surface area contributed by atoms with Crippen molar-refractivity contribution in [2.75, 3.05) is 13.1 Å². The van der Waals surface area contributed by atoms with Gasteiger partial charge in [-0.2, -0.15) is 0 Å². The van der Waals surface area contributed by atoms with Gasteiger partial charge in [0.25, 0.3) is 5.56 Å². The summed E-state index contributed by atoms with van der Waals surface area (Å²) in [5.41, 5.74) is -1.48. The summed E-state index contributed by atoms with van der Waals surface area (Å²) < 4.78 is 1.43. The Kier molecular flexibility index (Phi) is 3.49. The van der Waals surface area contributed by atoms with Gasteiger partial charge >= 0.3 is 0 Å². The molecule has 1 aliphatic heterocycles. The molecule has 1 aliphatic rings. The highest BCUT2D eigenvalue weighted by Gasteiger charge is 2.45. The van der Waals surface area contributed by atoms with Crippen LogP contribution in [0.2, 0.25) is 5.15 Å². The van der Waals surface area contributed by atoms with Gasteiger partial charge in [0.15, 0.2) is 0 Å². The lowest BCUT2D eigenvalue weighted by Gasteiger charge is -2.46. The van der Waals surface area contributed by atoms with E-state index in [0.717, 1.165) is 13.1 Å². The summed E-state index contributed by atoms with van der Waals surface area (Å²) >= 11 is 5.79. The molecule has 100 valence electrons. The second-order valence-corrected chi connectivity index (χ2v) is 5.91. The van der Waals surface area contributed by atoms with Gasteiger partial charge < -0.3 is 15.0 Å². The first-order chi connectivity index (χ1) is 8.34. The molecule has 6 heteroatoms. The van der Waals surface area contributed by atoms with Gasteiger partial charge in [0, 0.05) is 18.2 Å². The largest absolute Gasteiger partial charge is 0.387 e. The van der Waals surface area contributed by atoms with Crippen LogP contribution in [0, 0.1) is 5.41 Å². The Labute approximate surface area is 111 Å². The number of hydrogen-bond donors (Lipinski definition) is 2. The van der Waals surface area contributed by atoms with E-state index in [1.807, 2.05) is 13.8 Å². The molecule has 0 radical (unpaired) electrons. The van der Waals surface area contributed by atoms with Crippen LogP contribution in [0.3, 0.4) is 0 Å². The number of nitrogens with zero attached hydrogens (tertiary/aromatic N) is 2. The number of aliphatic hydroxyl groups is 1. The van der Waals surface area contributed by atoms with Gasteiger partial charge in [-0.15, -0.1) is 0 Å². The summed E-state index contributed by atoms with van der Waals surface area (Å²) in [4.78, 5) is 15.4. The Balaban J connectivity index is 2.31. The third-order valence-electron chi connectivity index (χ3n) is 3.82.